The van der Waals surface area contributed by atoms with E-state index in [2.05, 4.69) is 22.0 Å². The van der Waals surface area contributed by atoms with Crippen molar-refractivity contribution < 1.29 is 0 Å². The highest BCUT2D eigenvalue weighted by molar-refractivity contribution is 5.16. The summed E-state index contributed by atoms with van der Waals surface area (Å²) in [6.45, 7) is 3.19. The second kappa shape index (κ2) is 5.37. The Bertz CT molecular complexity index is 357. The van der Waals surface area contributed by atoms with E-state index in [1.807, 2.05) is 12.4 Å². The van der Waals surface area contributed by atoms with Gasteiger partial charge in [-0.15, -0.1) is 0 Å². The average Bonchev–Trinajstić information content (AvgIpc) is 3.27. The van der Waals surface area contributed by atoms with Crippen molar-refractivity contribution in [1.82, 2.24) is 9.88 Å². The maximum atomic E-state index is 6.04. The topological polar surface area (TPSA) is 42.1 Å². The van der Waals surface area contributed by atoms with Gasteiger partial charge in [0.1, 0.15) is 0 Å². The van der Waals surface area contributed by atoms with Gasteiger partial charge in [0.2, 0.25) is 0 Å². The van der Waals surface area contributed by atoms with E-state index in [1.165, 1.54) is 44.3 Å². The van der Waals surface area contributed by atoms with Gasteiger partial charge in [-0.05, 0) is 55.2 Å². The molecule has 2 aliphatic carbocycles. The fourth-order valence-electron chi connectivity index (χ4n) is 2.67. The van der Waals surface area contributed by atoms with E-state index in [-0.39, 0.29) is 0 Å². The third kappa shape index (κ3) is 3.09. The molecular formula is C15H23N3. The van der Waals surface area contributed by atoms with Crippen LogP contribution in [0.1, 0.15) is 37.3 Å². The Morgan fingerprint density at radius 3 is 2.11 bits per heavy atom. The number of pyridine rings is 1. The SMILES string of the molecule is NCC(c1ccncc1)N(CC1CC1)CC1CC1. The lowest BCUT2D eigenvalue weighted by atomic mass is 10.1. The minimum absolute atomic E-state index is 0.384. The quantitative estimate of drug-likeness (QED) is 0.801. The van der Waals surface area contributed by atoms with E-state index in [9.17, 15) is 0 Å². The molecule has 3 heteroatoms. The first kappa shape index (κ1) is 12.1. The number of hydrogen-bond acceptors (Lipinski definition) is 3. The molecule has 0 amide bonds. The van der Waals surface area contributed by atoms with E-state index in [1.54, 1.807) is 0 Å². The number of rotatable bonds is 7. The standard InChI is InChI=1S/C15H23N3/c16-9-15(14-5-7-17-8-6-14)18(10-12-1-2-12)11-13-3-4-13/h5-8,12-13,15H,1-4,9-11,16H2. The Labute approximate surface area is 109 Å². The minimum Gasteiger partial charge on any atom is -0.329 e. The predicted octanol–water partition coefficient (Wildman–Crippen LogP) is 2.20. The second-order valence-electron chi connectivity index (χ2n) is 5.87. The smallest absolute Gasteiger partial charge is 0.0471 e. The van der Waals surface area contributed by atoms with Crippen LogP contribution in [-0.4, -0.2) is 29.5 Å². The van der Waals surface area contributed by atoms with E-state index in [0.717, 1.165) is 11.8 Å². The van der Waals surface area contributed by atoms with E-state index < -0.39 is 0 Å². The van der Waals surface area contributed by atoms with Crippen LogP contribution in [0.3, 0.4) is 0 Å². The summed E-state index contributed by atoms with van der Waals surface area (Å²) in [6, 6.07) is 4.61. The summed E-state index contributed by atoms with van der Waals surface area (Å²) in [6.07, 6.45) is 9.40. The Morgan fingerprint density at radius 2 is 1.67 bits per heavy atom. The fraction of sp³-hybridized carbons (Fsp3) is 0.667. The third-order valence-electron chi connectivity index (χ3n) is 4.13. The molecular weight excluding hydrogens is 222 g/mol. The van der Waals surface area contributed by atoms with Crippen LogP contribution >= 0.6 is 0 Å². The van der Waals surface area contributed by atoms with Crippen LogP contribution < -0.4 is 5.73 Å². The molecule has 1 unspecified atom stereocenters. The molecule has 1 aromatic rings. The van der Waals surface area contributed by atoms with Crippen LogP contribution in [0, 0.1) is 11.8 Å². The number of aromatic nitrogens is 1. The van der Waals surface area contributed by atoms with Crippen LogP contribution in [0.4, 0.5) is 0 Å². The summed E-state index contributed by atoms with van der Waals surface area (Å²) in [5.41, 5.74) is 7.36. The Hall–Kier alpha value is -0.930. The molecule has 2 N–H and O–H groups in total. The maximum absolute atomic E-state index is 6.04. The Kier molecular flexibility index (Phi) is 3.62. The second-order valence-corrected chi connectivity index (χ2v) is 5.87. The molecule has 18 heavy (non-hydrogen) atoms. The Morgan fingerprint density at radius 1 is 1.11 bits per heavy atom. The van der Waals surface area contributed by atoms with Crippen molar-refractivity contribution in [3.05, 3.63) is 30.1 Å². The lowest BCUT2D eigenvalue weighted by Gasteiger charge is -2.31. The summed E-state index contributed by atoms with van der Waals surface area (Å²) in [7, 11) is 0. The van der Waals surface area contributed by atoms with Gasteiger partial charge in [0, 0.05) is 38.1 Å². The molecule has 1 aromatic heterocycles. The molecule has 0 saturated heterocycles. The molecule has 1 atom stereocenters. The minimum atomic E-state index is 0.384. The number of nitrogens with two attached hydrogens (primary N) is 1. The summed E-state index contributed by atoms with van der Waals surface area (Å²) < 4.78 is 0. The van der Waals surface area contributed by atoms with Gasteiger partial charge in [-0.1, -0.05) is 0 Å². The number of nitrogens with zero attached hydrogens (tertiary/aromatic N) is 2. The molecule has 0 aromatic carbocycles. The van der Waals surface area contributed by atoms with E-state index >= 15 is 0 Å². The van der Waals surface area contributed by atoms with Crippen molar-refractivity contribution in [1.29, 1.82) is 0 Å². The molecule has 2 saturated carbocycles. The molecule has 0 aliphatic heterocycles. The van der Waals surface area contributed by atoms with Gasteiger partial charge >= 0.3 is 0 Å². The van der Waals surface area contributed by atoms with Gasteiger partial charge < -0.3 is 5.73 Å². The molecule has 98 valence electrons. The van der Waals surface area contributed by atoms with Gasteiger partial charge in [-0.25, -0.2) is 0 Å². The molecule has 3 nitrogen and oxygen atoms in total. The zero-order valence-electron chi connectivity index (χ0n) is 11.0. The van der Waals surface area contributed by atoms with Gasteiger partial charge in [0.25, 0.3) is 0 Å². The highest BCUT2D eigenvalue weighted by atomic mass is 15.2. The first-order chi connectivity index (χ1) is 8.86. The first-order valence-corrected chi connectivity index (χ1v) is 7.21. The van der Waals surface area contributed by atoms with Crippen molar-refractivity contribution in [3.8, 4) is 0 Å². The largest absolute Gasteiger partial charge is 0.329 e. The summed E-state index contributed by atoms with van der Waals surface area (Å²) in [4.78, 5) is 6.74. The van der Waals surface area contributed by atoms with Crippen molar-refractivity contribution in [2.24, 2.45) is 17.6 Å². The zero-order chi connectivity index (χ0) is 12.4. The third-order valence-corrected chi connectivity index (χ3v) is 4.13. The normalized spacial score (nSPS) is 21.2. The van der Waals surface area contributed by atoms with Crippen LogP contribution in [0.15, 0.2) is 24.5 Å². The molecule has 1 heterocycles. The van der Waals surface area contributed by atoms with Crippen molar-refractivity contribution in [2.75, 3.05) is 19.6 Å². The molecule has 0 bridgehead atoms. The monoisotopic (exact) mass is 245 g/mol. The van der Waals surface area contributed by atoms with Crippen LogP contribution in [-0.2, 0) is 0 Å². The van der Waals surface area contributed by atoms with Crippen LogP contribution in [0.5, 0.6) is 0 Å². The van der Waals surface area contributed by atoms with Crippen molar-refractivity contribution >= 4 is 0 Å². The highest BCUT2D eigenvalue weighted by Crippen LogP contribution is 2.36. The number of hydrogen-bond donors (Lipinski definition) is 1. The lowest BCUT2D eigenvalue weighted by molar-refractivity contribution is 0.184. The predicted molar refractivity (Wildman–Crippen MR) is 73.1 cm³/mol. The molecule has 2 aliphatic rings. The fourth-order valence-corrected chi connectivity index (χ4v) is 2.67. The summed E-state index contributed by atoms with van der Waals surface area (Å²) in [5.74, 6) is 1.86. The van der Waals surface area contributed by atoms with E-state index in [4.69, 9.17) is 5.73 Å². The zero-order valence-corrected chi connectivity index (χ0v) is 11.0. The summed E-state index contributed by atoms with van der Waals surface area (Å²) in [5, 5.41) is 0. The maximum Gasteiger partial charge on any atom is 0.0471 e. The van der Waals surface area contributed by atoms with Crippen LogP contribution in [0.2, 0.25) is 0 Å². The molecule has 0 radical (unpaired) electrons. The van der Waals surface area contributed by atoms with Gasteiger partial charge in [-0.2, -0.15) is 0 Å². The highest BCUT2D eigenvalue weighted by Gasteiger charge is 2.32. The Balaban J connectivity index is 1.71. The van der Waals surface area contributed by atoms with Crippen molar-refractivity contribution in [2.45, 2.75) is 31.7 Å². The summed E-state index contributed by atoms with van der Waals surface area (Å²) >= 11 is 0. The first-order valence-electron chi connectivity index (χ1n) is 7.21. The van der Waals surface area contributed by atoms with Gasteiger partial charge in [0.05, 0.1) is 0 Å². The molecule has 3 rings (SSSR count). The van der Waals surface area contributed by atoms with Crippen LogP contribution in [0.25, 0.3) is 0 Å². The van der Waals surface area contributed by atoms with Gasteiger partial charge in [-0.3, -0.25) is 9.88 Å². The van der Waals surface area contributed by atoms with Crippen molar-refractivity contribution in [3.63, 3.8) is 0 Å². The molecule has 0 spiro atoms. The van der Waals surface area contributed by atoms with E-state index in [0.29, 0.717) is 12.6 Å². The molecule has 2 fully saturated rings. The average molecular weight is 245 g/mol. The lowest BCUT2D eigenvalue weighted by Crippen LogP contribution is -2.36. The van der Waals surface area contributed by atoms with Gasteiger partial charge in [0.15, 0.2) is 0 Å².